The van der Waals surface area contributed by atoms with Crippen LogP contribution in [0.5, 0.6) is 5.75 Å². The van der Waals surface area contributed by atoms with E-state index in [9.17, 15) is 24.6 Å². The van der Waals surface area contributed by atoms with E-state index in [1.165, 1.54) is 31.6 Å². The second-order valence-electron chi connectivity index (χ2n) is 8.79. The van der Waals surface area contributed by atoms with Crippen LogP contribution >= 0.6 is 11.3 Å². The summed E-state index contributed by atoms with van der Waals surface area (Å²) in [5.74, 6) is -4.17. The van der Waals surface area contributed by atoms with Crippen LogP contribution in [0.4, 0.5) is 17.2 Å². The number of aromatic nitrogens is 3. The summed E-state index contributed by atoms with van der Waals surface area (Å²) in [6, 6.07) is 6.58. The number of nitrogens with one attached hydrogen (secondary N) is 4. The first-order valence-electron chi connectivity index (χ1n) is 12.0. The Bertz CT molecular complexity index is 1410. The van der Waals surface area contributed by atoms with E-state index < -0.39 is 11.7 Å². The third-order valence-corrected chi connectivity index (χ3v) is 6.54. The predicted molar refractivity (Wildman–Crippen MR) is 145 cm³/mol. The first-order valence-corrected chi connectivity index (χ1v) is 12.8. The molecule has 1 aliphatic carbocycles. The SMILES string of the molecule is [B]C(O)(O)NC(=O)c1nnc(NC(=O)C2CC2)cc1Nc1cccc(-c2ncc(CNC(=O)COC)s2)c1OC. The van der Waals surface area contributed by atoms with E-state index in [1.54, 1.807) is 29.7 Å². The molecule has 1 fully saturated rings. The highest BCUT2D eigenvalue weighted by Crippen LogP contribution is 2.40. The number of benzene rings is 1. The van der Waals surface area contributed by atoms with Gasteiger partial charge in [-0.1, -0.05) is 6.07 Å². The Balaban J connectivity index is 1.64. The van der Waals surface area contributed by atoms with Crippen molar-refractivity contribution < 1.29 is 34.1 Å². The van der Waals surface area contributed by atoms with Gasteiger partial charge in [-0.25, -0.2) is 4.98 Å². The molecule has 40 heavy (non-hydrogen) atoms. The monoisotopic (exact) mass is 567 g/mol. The average Bonchev–Trinajstić information content (AvgIpc) is 3.64. The molecule has 0 saturated heterocycles. The number of ether oxygens (including phenoxy) is 2. The normalized spacial score (nSPS) is 12.9. The lowest BCUT2D eigenvalue weighted by Crippen LogP contribution is -2.49. The van der Waals surface area contributed by atoms with Crippen LogP contribution in [0.25, 0.3) is 10.6 Å². The fourth-order valence-electron chi connectivity index (χ4n) is 3.57. The van der Waals surface area contributed by atoms with Gasteiger partial charge in [-0.2, -0.15) is 0 Å². The summed E-state index contributed by atoms with van der Waals surface area (Å²) >= 11 is 1.35. The van der Waals surface area contributed by atoms with Crippen molar-refractivity contribution in [3.63, 3.8) is 0 Å². The van der Waals surface area contributed by atoms with Gasteiger partial charge < -0.3 is 41.0 Å². The highest BCUT2D eigenvalue weighted by Gasteiger charge is 2.30. The Morgan fingerprint density at radius 1 is 1.18 bits per heavy atom. The molecule has 2 radical (unpaired) electrons. The smallest absolute Gasteiger partial charge is 0.277 e. The van der Waals surface area contributed by atoms with Gasteiger partial charge in [0.2, 0.25) is 11.8 Å². The number of thiazole rings is 1. The highest BCUT2D eigenvalue weighted by atomic mass is 32.1. The molecule has 1 saturated carbocycles. The van der Waals surface area contributed by atoms with Crippen molar-refractivity contribution in [2.75, 3.05) is 31.5 Å². The molecule has 4 rings (SSSR count). The number of methoxy groups -OCH3 is 2. The maximum Gasteiger partial charge on any atom is 0.277 e. The van der Waals surface area contributed by atoms with E-state index in [4.69, 9.17) is 17.3 Å². The van der Waals surface area contributed by atoms with Crippen molar-refractivity contribution in [3.8, 4) is 16.3 Å². The standard InChI is InChI=1S/C24H26BN7O7S/c1-38-11-18(33)26-9-13-10-27-23(40-13)14-4-3-5-15(20(14)39-2)28-16-8-17(29-21(34)12-6-7-12)31-32-19(16)22(35)30-24(25,36)37/h3-5,8,10,12,36-37H,6-7,9,11H2,1-2H3,(H,26,33)(H,30,35)(H2,28,29,31,34). The van der Waals surface area contributed by atoms with Crippen LogP contribution in [-0.4, -0.2) is 77.6 Å². The summed E-state index contributed by atoms with van der Waals surface area (Å²) in [6.07, 6.45) is 3.19. The van der Waals surface area contributed by atoms with Crippen LogP contribution in [0.15, 0.2) is 30.5 Å². The number of para-hydroxylation sites is 1. The lowest BCUT2D eigenvalue weighted by molar-refractivity contribution is -0.124. The number of rotatable bonds is 12. The highest BCUT2D eigenvalue weighted by molar-refractivity contribution is 7.15. The third kappa shape index (κ3) is 7.50. The van der Waals surface area contributed by atoms with Gasteiger partial charge in [0.1, 0.15) is 11.6 Å². The second kappa shape index (κ2) is 12.4. The van der Waals surface area contributed by atoms with E-state index in [2.05, 4.69) is 31.1 Å². The van der Waals surface area contributed by atoms with Crippen molar-refractivity contribution in [1.82, 2.24) is 25.8 Å². The molecule has 0 atom stereocenters. The van der Waals surface area contributed by atoms with Crippen LogP contribution in [0.3, 0.4) is 0 Å². The maximum absolute atomic E-state index is 12.7. The Morgan fingerprint density at radius 2 is 1.95 bits per heavy atom. The lowest BCUT2D eigenvalue weighted by atomic mass is 10.0. The van der Waals surface area contributed by atoms with Crippen molar-refractivity contribution in [1.29, 1.82) is 0 Å². The molecule has 2 aromatic heterocycles. The molecule has 0 unspecified atom stereocenters. The third-order valence-electron chi connectivity index (χ3n) is 5.51. The molecular weight excluding hydrogens is 541 g/mol. The van der Waals surface area contributed by atoms with Crippen LogP contribution in [0, 0.1) is 5.92 Å². The van der Waals surface area contributed by atoms with Gasteiger partial charge in [-0.3, -0.25) is 14.4 Å². The summed E-state index contributed by atoms with van der Waals surface area (Å²) in [4.78, 5) is 41.9. The van der Waals surface area contributed by atoms with Crippen LogP contribution in [-0.2, 0) is 20.9 Å². The van der Waals surface area contributed by atoms with E-state index in [0.29, 0.717) is 22.0 Å². The molecule has 1 aromatic carbocycles. The van der Waals surface area contributed by atoms with E-state index in [0.717, 1.165) is 17.7 Å². The van der Waals surface area contributed by atoms with Crippen molar-refractivity contribution in [3.05, 3.63) is 41.0 Å². The molecule has 6 N–H and O–H groups in total. The fourth-order valence-corrected chi connectivity index (χ4v) is 4.44. The van der Waals surface area contributed by atoms with Crippen LogP contribution in [0.1, 0.15) is 28.2 Å². The second-order valence-corrected chi connectivity index (χ2v) is 9.90. The quantitative estimate of drug-likeness (QED) is 0.131. The summed E-state index contributed by atoms with van der Waals surface area (Å²) in [6.45, 7) is 0.223. The molecular formula is C24H26BN7O7S. The summed E-state index contributed by atoms with van der Waals surface area (Å²) in [5.41, 5.74) is 0.754. The molecule has 2 heterocycles. The van der Waals surface area contributed by atoms with Gasteiger partial charge in [0.15, 0.2) is 30.9 Å². The number of hydrogen-bond acceptors (Lipinski definition) is 12. The number of anilines is 3. The van der Waals surface area contributed by atoms with E-state index in [-0.39, 0.29) is 48.1 Å². The first-order chi connectivity index (χ1) is 19.1. The van der Waals surface area contributed by atoms with Gasteiger partial charge in [0.25, 0.3) is 5.91 Å². The minimum atomic E-state index is -3.00. The van der Waals surface area contributed by atoms with Crippen molar-refractivity contribution in [2.45, 2.75) is 25.2 Å². The number of hydrogen-bond donors (Lipinski definition) is 6. The summed E-state index contributed by atoms with van der Waals surface area (Å²) in [5, 5.41) is 37.4. The largest absolute Gasteiger partial charge is 0.494 e. The number of aliphatic hydroxyl groups is 2. The van der Waals surface area contributed by atoms with Crippen LogP contribution < -0.4 is 26.0 Å². The number of nitrogens with zero attached hydrogens (tertiary/aromatic N) is 3. The van der Waals surface area contributed by atoms with E-state index >= 15 is 0 Å². The topological polar surface area (TPSA) is 197 Å². The van der Waals surface area contributed by atoms with Gasteiger partial charge in [0.05, 0.1) is 30.6 Å². The first kappa shape index (κ1) is 28.9. The van der Waals surface area contributed by atoms with Gasteiger partial charge in [-0.15, -0.1) is 21.5 Å². The molecule has 0 bridgehead atoms. The Hall–Kier alpha value is -4.12. The van der Waals surface area contributed by atoms with Gasteiger partial charge in [0, 0.05) is 30.2 Å². The van der Waals surface area contributed by atoms with Gasteiger partial charge in [-0.05, 0) is 25.0 Å². The summed E-state index contributed by atoms with van der Waals surface area (Å²) in [7, 11) is 7.99. The Labute approximate surface area is 233 Å². The molecule has 0 spiro atoms. The molecule has 208 valence electrons. The van der Waals surface area contributed by atoms with Crippen molar-refractivity contribution >= 4 is 54.1 Å². The minimum absolute atomic E-state index is 0.0497. The molecule has 16 heteroatoms. The zero-order chi connectivity index (χ0) is 28.9. The Kier molecular flexibility index (Phi) is 8.94. The van der Waals surface area contributed by atoms with E-state index in [1.807, 2.05) is 0 Å². The van der Waals surface area contributed by atoms with Crippen LogP contribution in [0.2, 0.25) is 0 Å². The van der Waals surface area contributed by atoms with Crippen molar-refractivity contribution in [2.24, 2.45) is 5.92 Å². The summed E-state index contributed by atoms with van der Waals surface area (Å²) < 4.78 is 10.5. The average molecular weight is 567 g/mol. The molecule has 3 amide bonds. The molecule has 14 nitrogen and oxygen atoms in total. The van der Waals surface area contributed by atoms with Gasteiger partial charge >= 0.3 is 0 Å². The minimum Gasteiger partial charge on any atom is -0.494 e. The zero-order valence-electron chi connectivity index (χ0n) is 21.6. The predicted octanol–water partition coefficient (Wildman–Crippen LogP) is 0.458. The number of amides is 3. The molecule has 1 aliphatic rings. The zero-order valence-corrected chi connectivity index (χ0v) is 22.4. The number of carbonyl (C=O) groups excluding carboxylic acids is 3. The molecule has 0 aliphatic heterocycles. The lowest BCUT2D eigenvalue weighted by Gasteiger charge is -2.20. The number of carbonyl (C=O) groups is 3. The fraction of sp³-hybridized carbons (Fsp3) is 0.333. The maximum atomic E-state index is 12.7. The Morgan fingerprint density at radius 3 is 2.62 bits per heavy atom. The molecule has 3 aromatic rings.